The largest absolute Gasteiger partial charge is 0.505 e. The zero-order valence-corrected chi connectivity index (χ0v) is 7.16. The summed E-state index contributed by atoms with van der Waals surface area (Å²) in [5.41, 5.74) is 0. The van der Waals surface area contributed by atoms with Gasteiger partial charge >= 0.3 is 6.18 Å². The maximum Gasteiger partial charge on any atom is 0.411 e. The zero-order chi connectivity index (χ0) is 10.6. The summed E-state index contributed by atoms with van der Waals surface area (Å²) in [5.74, 6) is -0.0270. The number of aromatic hydroxyl groups is 1. The van der Waals surface area contributed by atoms with Crippen LogP contribution in [0.1, 0.15) is 0 Å². The molecule has 0 amide bonds. The summed E-state index contributed by atoms with van der Waals surface area (Å²) in [6, 6.07) is 0. The summed E-state index contributed by atoms with van der Waals surface area (Å²) in [7, 11) is 0. The highest BCUT2D eigenvalue weighted by Gasteiger charge is 2.27. The Morgan fingerprint density at radius 1 is 1.50 bits per heavy atom. The molecule has 0 aromatic carbocycles. The van der Waals surface area contributed by atoms with Crippen LogP contribution in [0.15, 0.2) is 12.4 Å². The minimum atomic E-state index is -4.30. The molecular weight excluding hydrogens is 201 g/mol. The summed E-state index contributed by atoms with van der Waals surface area (Å²) in [6.07, 6.45) is -1.80. The molecule has 0 atom stereocenters. The molecule has 0 spiro atoms. The average Bonchev–Trinajstić information content (AvgIpc) is 2.44. The summed E-state index contributed by atoms with van der Waals surface area (Å²) in [6.45, 7) is -1.18. The third-order valence-corrected chi connectivity index (χ3v) is 1.35. The topological polar surface area (TPSA) is 47.3 Å². The van der Waals surface area contributed by atoms with Crippen molar-refractivity contribution < 1.29 is 23.0 Å². The van der Waals surface area contributed by atoms with Crippen LogP contribution in [0.4, 0.5) is 13.2 Å². The van der Waals surface area contributed by atoms with Gasteiger partial charge in [-0.3, -0.25) is 4.68 Å². The van der Waals surface area contributed by atoms with E-state index in [1.807, 2.05) is 0 Å². The lowest BCUT2D eigenvalue weighted by Gasteiger charge is -2.07. The van der Waals surface area contributed by atoms with Crippen molar-refractivity contribution in [1.29, 1.82) is 0 Å². The second-order valence-corrected chi connectivity index (χ2v) is 2.63. The third-order valence-electron chi connectivity index (χ3n) is 1.35. The minimum absolute atomic E-state index is 0.0270. The van der Waals surface area contributed by atoms with E-state index in [0.717, 1.165) is 0 Å². The normalized spacial score (nSPS) is 11.9. The molecule has 0 unspecified atom stereocenters. The van der Waals surface area contributed by atoms with Gasteiger partial charge in [0.15, 0.2) is 5.75 Å². The molecule has 4 nitrogen and oxygen atoms in total. The number of rotatable bonds is 4. The van der Waals surface area contributed by atoms with Crippen molar-refractivity contribution in [3.8, 4) is 5.75 Å². The van der Waals surface area contributed by atoms with Gasteiger partial charge in [-0.15, -0.1) is 0 Å². The van der Waals surface area contributed by atoms with Gasteiger partial charge in [0.25, 0.3) is 0 Å². The van der Waals surface area contributed by atoms with E-state index in [4.69, 9.17) is 5.11 Å². The van der Waals surface area contributed by atoms with Crippen molar-refractivity contribution in [2.75, 3.05) is 13.2 Å². The first-order valence-corrected chi connectivity index (χ1v) is 3.83. The molecule has 14 heavy (non-hydrogen) atoms. The predicted octanol–water partition coefficient (Wildman–Crippen LogP) is 1.17. The van der Waals surface area contributed by atoms with E-state index < -0.39 is 12.8 Å². The Labute approximate surface area is 77.9 Å². The average molecular weight is 210 g/mol. The van der Waals surface area contributed by atoms with E-state index in [1.165, 1.54) is 17.1 Å². The van der Waals surface area contributed by atoms with Crippen molar-refractivity contribution in [2.24, 2.45) is 0 Å². The first kappa shape index (κ1) is 10.8. The molecule has 0 aliphatic carbocycles. The van der Waals surface area contributed by atoms with E-state index >= 15 is 0 Å². The second-order valence-electron chi connectivity index (χ2n) is 2.63. The van der Waals surface area contributed by atoms with Gasteiger partial charge in [0, 0.05) is 0 Å². The van der Waals surface area contributed by atoms with E-state index in [-0.39, 0.29) is 18.9 Å². The lowest BCUT2D eigenvalue weighted by atomic mass is 10.6. The smallest absolute Gasteiger partial charge is 0.411 e. The zero-order valence-electron chi connectivity index (χ0n) is 7.16. The SMILES string of the molecule is Oc1cnn(CCOCC(F)(F)F)c1. The molecule has 0 aliphatic rings. The van der Waals surface area contributed by atoms with E-state index in [0.29, 0.717) is 0 Å². The summed E-state index contributed by atoms with van der Waals surface area (Å²) in [5, 5.41) is 12.5. The maximum atomic E-state index is 11.6. The molecule has 1 rings (SSSR count). The molecular formula is C7H9F3N2O2. The van der Waals surface area contributed by atoms with Gasteiger partial charge in [-0.25, -0.2) is 0 Å². The first-order valence-electron chi connectivity index (χ1n) is 3.83. The lowest BCUT2D eigenvalue weighted by molar-refractivity contribution is -0.174. The van der Waals surface area contributed by atoms with Crippen molar-refractivity contribution in [1.82, 2.24) is 9.78 Å². The Morgan fingerprint density at radius 2 is 2.21 bits per heavy atom. The number of halogens is 3. The van der Waals surface area contributed by atoms with Crippen LogP contribution in [0, 0.1) is 0 Å². The number of ether oxygens (including phenoxy) is 1. The molecule has 0 aliphatic heterocycles. The lowest BCUT2D eigenvalue weighted by Crippen LogP contribution is -2.19. The van der Waals surface area contributed by atoms with Crippen LogP contribution in [0.3, 0.4) is 0 Å². The van der Waals surface area contributed by atoms with Crippen molar-refractivity contribution in [3.63, 3.8) is 0 Å². The number of hydrogen-bond donors (Lipinski definition) is 1. The standard InChI is InChI=1S/C7H9F3N2O2/c8-7(9,10)5-14-2-1-12-4-6(13)3-11-12/h3-4,13H,1-2,5H2. The molecule has 0 saturated heterocycles. The fourth-order valence-electron chi connectivity index (χ4n) is 0.821. The van der Waals surface area contributed by atoms with Crippen LogP contribution in [0.5, 0.6) is 5.75 Å². The van der Waals surface area contributed by atoms with Gasteiger partial charge < -0.3 is 9.84 Å². The fraction of sp³-hybridized carbons (Fsp3) is 0.571. The van der Waals surface area contributed by atoms with Crippen LogP contribution >= 0.6 is 0 Å². The quantitative estimate of drug-likeness (QED) is 0.759. The number of nitrogens with zero attached hydrogens (tertiary/aromatic N) is 2. The maximum absolute atomic E-state index is 11.6. The Hall–Kier alpha value is -1.24. The minimum Gasteiger partial charge on any atom is -0.505 e. The summed E-state index contributed by atoms with van der Waals surface area (Å²) in [4.78, 5) is 0. The molecule has 80 valence electrons. The van der Waals surface area contributed by atoms with Crippen molar-refractivity contribution >= 4 is 0 Å². The molecule has 1 aromatic heterocycles. The van der Waals surface area contributed by atoms with Gasteiger partial charge in [-0.2, -0.15) is 18.3 Å². The number of alkyl halides is 3. The highest BCUT2D eigenvalue weighted by molar-refractivity contribution is 5.08. The highest BCUT2D eigenvalue weighted by Crippen LogP contribution is 2.14. The Morgan fingerprint density at radius 3 is 2.71 bits per heavy atom. The van der Waals surface area contributed by atoms with Crippen LogP contribution < -0.4 is 0 Å². The molecule has 1 aromatic rings. The number of aromatic nitrogens is 2. The van der Waals surface area contributed by atoms with E-state index in [1.54, 1.807) is 0 Å². The molecule has 1 N–H and O–H groups in total. The third kappa shape index (κ3) is 4.13. The van der Waals surface area contributed by atoms with Crippen LogP contribution in [-0.4, -0.2) is 34.3 Å². The van der Waals surface area contributed by atoms with E-state index in [9.17, 15) is 13.2 Å². The van der Waals surface area contributed by atoms with Gasteiger partial charge in [0.1, 0.15) is 6.61 Å². The Bertz CT molecular complexity index is 285. The summed E-state index contributed by atoms with van der Waals surface area (Å²) >= 11 is 0. The first-order chi connectivity index (χ1) is 6.47. The van der Waals surface area contributed by atoms with Crippen LogP contribution in [0.2, 0.25) is 0 Å². The Kier molecular flexibility index (Phi) is 3.34. The van der Waals surface area contributed by atoms with Crippen molar-refractivity contribution in [2.45, 2.75) is 12.7 Å². The predicted molar refractivity (Wildman–Crippen MR) is 40.8 cm³/mol. The highest BCUT2D eigenvalue weighted by atomic mass is 19.4. The molecule has 0 radical (unpaired) electrons. The van der Waals surface area contributed by atoms with Gasteiger partial charge in [-0.1, -0.05) is 0 Å². The van der Waals surface area contributed by atoms with Gasteiger partial charge in [-0.05, 0) is 0 Å². The van der Waals surface area contributed by atoms with Crippen LogP contribution in [-0.2, 0) is 11.3 Å². The number of hydrogen-bond acceptors (Lipinski definition) is 3. The van der Waals surface area contributed by atoms with Gasteiger partial charge in [0.2, 0.25) is 0 Å². The molecule has 0 bridgehead atoms. The monoisotopic (exact) mass is 210 g/mol. The fourth-order valence-corrected chi connectivity index (χ4v) is 0.821. The van der Waals surface area contributed by atoms with E-state index in [2.05, 4.69) is 9.84 Å². The summed E-state index contributed by atoms with van der Waals surface area (Å²) < 4.78 is 40.4. The Balaban J connectivity index is 2.16. The van der Waals surface area contributed by atoms with Crippen LogP contribution in [0.25, 0.3) is 0 Å². The molecule has 0 fully saturated rings. The molecule has 7 heteroatoms. The molecule has 1 heterocycles. The molecule has 0 saturated carbocycles. The van der Waals surface area contributed by atoms with Crippen molar-refractivity contribution in [3.05, 3.63) is 12.4 Å². The second kappa shape index (κ2) is 4.32. The van der Waals surface area contributed by atoms with Gasteiger partial charge in [0.05, 0.1) is 25.5 Å².